The van der Waals surface area contributed by atoms with Crippen LogP contribution in [0.2, 0.25) is 0 Å². The lowest BCUT2D eigenvalue weighted by Crippen LogP contribution is -2.46. The maximum Gasteiger partial charge on any atom is 0.408 e. The Hall–Kier alpha value is -0.490. The van der Waals surface area contributed by atoms with E-state index in [4.69, 9.17) is 5.73 Å². The van der Waals surface area contributed by atoms with E-state index < -0.39 is 18.1 Å². The van der Waals surface area contributed by atoms with Gasteiger partial charge in [-0.1, -0.05) is 0 Å². The molecule has 0 saturated carbocycles. The van der Waals surface area contributed by atoms with Gasteiger partial charge in [-0.2, -0.15) is 13.2 Å². The maximum absolute atomic E-state index is 12.3. The standard InChI is InChI=1S/C7H11F3N2O.ClH/c8-7(9,10)5-2-1-3-12(5)6(13)4-11;/h5H,1-4,11H2;1H. The highest BCUT2D eigenvalue weighted by atomic mass is 35.5. The Labute approximate surface area is 85.8 Å². The van der Waals surface area contributed by atoms with Crippen molar-refractivity contribution in [1.29, 1.82) is 0 Å². The van der Waals surface area contributed by atoms with Gasteiger partial charge in [-0.05, 0) is 12.8 Å². The van der Waals surface area contributed by atoms with Crippen molar-refractivity contribution >= 4 is 18.3 Å². The van der Waals surface area contributed by atoms with E-state index in [0.717, 1.165) is 4.90 Å². The normalized spacial score (nSPS) is 22.0. The molecule has 7 heteroatoms. The lowest BCUT2D eigenvalue weighted by atomic mass is 10.2. The van der Waals surface area contributed by atoms with Gasteiger partial charge in [0.1, 0.15) is 6.04 Å². The van der Waals surface area contributed by atoms with Crippen LogP contribution in [-0.4, -0.2) is 36.1 Å². The summed E-state index contributed by atoms with van der Waals surface area (Å²) in [5.41, 5.74) is 5.00. The van der Waals surface area contributed by atoms with Crippen LogP contribution in [0.25, 0.3) is 0 Å². The van der Waals surface area contributed by atoms with Gasteiger partial charge in [0.25, 0.3) is 0 Å². The summed E-state index contributed by atoms with van der Waals surface area (Å²) in [7, 11) is 0. The molecular formula is C7H12ClF3N2O. The van der Waals surface area contributed by atoms with Crippen molar-refractivity contribution in [2.24, 2.45) is 5.73 Å². The van der Waals surface area contributed by atoms with Crippen LogP contribution in [0.3, 0.4) is 0 Å². The Morgan fingerprint density at radius 2 is 2.07 bits per heavy atom. The zero-order valence-electron chi connectivity index (χ0n) is 7.38. The minimum atomic E-state index is -4.32. The first-order chi connectivity index (χ1) is 5.96. The van der Waals surface area contributed by atoms with Crippen LogP contribution < -0.4 is 5.73 Å². The van der Waals surface area contributed by atoms with Gasteiger partial charge >= 0.3 is 6.18 Å². The molecule has 1 aliphatic rings. The number of hydrogen-bond donors (Lipinski definition) is 1. The van der Waals surface area contributed by atoms with Crippen LogP contribution in [0.4, 0.5) is 13.2 Å². The summed E-state index contributed by atoms with van der Waals surface area (Å²) in [6.07, 6.45) is -3.92. The van der Waals surface area contributed by atoms with Gasteiger partial charge in [-0.3, -0.25) is 4.79 Å². The Kier molecular flexibility index (Phi) is 4.67. The average Bonchev–Trinajstić information content (AvgIpc) is 2.49. The summed E-state index contributed by atoms with van der Waals surface area (Å²) in [5.74, 6) is -0.625. The molecule has 0 aliphatic carbocycles. The van der Waals surface area contributed by atoms with E-state index in [1.807, 2.05) is 0 Å². The Bertz CT molecular complexity index is 210. The first-order valence-corrected chi connectivity index (χ1v) is 4.03. The topological polar surface area (TPSA) is 46.3 Å². The lowest BCUT2D eigenvalue weighted by Gasteiger charge is -2.25. The van der Waals surface area contributed by atoms with Crippen LogP contribution >= 0.6 is 12.4 Å². The summed E-state index contributed by atoms with van der Waals surface area (Å²) < 4.78 is 36.8. The third kappa shape index (κ3) is 2.75. The molecule has 1 atom stereocenters. The fourth-order valence-electron chi connectivity index (χ4n) is 1.52. The quantitative estimate of drug-likeness (QED) is 0.731. The number of halogens is 4. The molecule has 0 aromatic carbocycles. The SMILES string of the molecule is Cl.NCC(=O)N1CCCC1C(F)(F)F. The Morgan fingerprint density at radius 3 is 2.50 bits per heavy atom. The number of amides is 1. The zero-order valence-corrected chi connectivity index (χ0v) is 8.20. The molecular weight excluding hydrogens is 221 g/mol. The Balaban J connectivity index is 0.00000169. The predicted molar refractivity (Wildman–Crippen MR) is 47.1 cm³/mol. The van der Waals surface area contributed by atoms with Crippen molar-refractivity contribution in [3.8, 4) is 0 Å². The fraction of sp³-hybridized carbons (Fsp3) is 0.857. The molecule has 0 aromatic heterocycles. The van der Waals surface area contributed by atoms with Crippen molar-refractivity contribution < 1.29 is 18.0 Å². The molecule has 0 spiro atoms. The molecule has 0 bridgehead atoms. The van der Waals surface area contributed by atoms with Gasteiger partial charge < -0.3 is 10.6 Å². The minimum absolute atomic E-state index is 0. The first-order valence-electron chi connectivity index (χ1n) is 4.03. The molecule has 1 heterocycles. The summed E-state index contributed by atoms with van der Waals surface area (Å²) in [6, 6.07) is -1.62. The maximum atomic E-state index is 12.3. The van der Waals surface area contributed by atoms with E-state index in [1.165, 1.54) is 0 Å². The minimum Gasteiger partial charge on any atom is -0.329 e. The average molecular weight is 233 g/mol. The van der Waals surface area contributed by atoms with E-state index in [0.29, 0.717) is 6.42 Å². The fourth-order valence-corrected chi connectivity index (χ4v) is 1.52. The molecule has 84 valence electrons. The second-order valence-electron chi connectivity index (χ2n) is 2.99. The summed E-state index contributed by atoms with van der Waals surface area (Å²) in [5, 5.41) is 0. The van der Waals surface area contributed by atoms with Gasteiger partial charge in [0, 0.05) is 6.54 Å². The molecule has 1 saturated heterocycles. The number of alkyl halides is 3. The second kappa shape index (κ2) is 4.84. The van der Waals surface area contributed by atoms with Crippen molar-refractivity contribution in [3.05, 3.63) is 0 Å². The van der Waals surface area contributed by atoms with E-state index in [2.05, 4.69) is 0 Å². The monoisotopic (exact) mass is 232 g/mol. The molecule has 0 aromatic rings. The van der Waals surface area contributed by atoms with E-state index in [1.54, 1.807) is 0 Å². The van der Waals surface area contributed by atoms with Crippen LogP contribution in [0.1, 0.15) is 12.8 Å². The number of carbonyl (C=O) groups excluding carboxylic acids is 1. The number of hydrogen-bond acceptors (Lipinski definition) is 2. The van der Waals surface area contributed by atoms with Gasteiger partial charge in [-0.25, -0.2) is 0 Å². The molecule has 1 rings (SSSR count). The molecule has 1 aliphatic heterocycles. The largest absolute Gasteiger partial charge is 0.408 e. The number of carbonyl (C=O) groups is 1. The number of rotatable bonds is 1. The number of nitrogens with two attached hydrogens (primary N) is 1. The molecule has 3 nitrogen and oxygen atoms in total. The third-order valence-corrected chi connectivity index (χ3v) is 2.13. The van der Waals surface area contributed by atoms with Crippen LogP contribution in [0.15, 0.2) is 0 Å². The smallest absolute Gasteiger partial charge is 0.329 e. The van der Waals surface area contributed by atoms with Gasteiger partial charge in [0.05, 0.1) is 6.54 Å². The van der Waals surface area contributed by atoms with Crippen molar-refractivity contribution in [2.45, 2.75) is 25.1 Å². The number of nitrogens with zero attached hydrogens (tertiary/aromatic N) is 1. The third-order valence-electron chi connectivity index (χ3n) is 2.13. The van der Waals surface area contributed by atoms with Crippen molar-refractivity contribution in [2.75, 3.05) is 13.1 Å². The number of likely N-dealkylation sites (tertiary alicyclic amines) is 1. The van der Waals surface area contributed by atoms with E-state index in [-0.39, 0.29) is 31.9 Å². The van der Waals surface area contributed by atoms with Gasteiger partial charge in [0.15, 0.2) is 0 Å². The van der Waals surface area contributed by atoms with Crippen molar-refractivity contribution in [1.82, 2.24) is 4.90 Å². The first kappa shape index (κ1) is 13.5. The van der Waals surface area contributed by atoms with Crippen LogP contribution in [0, 0.1) is 0 Å². The van der Waals surface area contributed by atoms with Crippen LogP contribution in [-0.2, 0) is 4.79 Å². The molecule has 14 heavy (non-hydrogen) atoms. The molecule has 2 N–H and O–H groups in total. The predicted octanol–water partition coefficient (Wildman–Crippen LogP) is 0.920. The highest BCUT2D eigenvalue weighted by molar-refractivity contribution is 5.85. The second-order valence-corrected chi connectivity index (χ2v) is 2.99. The highest BCUT2D eigenvalue weighted by Crippen LogP contribution is 2.32. The summed E-state index contributed by atoms with van der Waals surface area (Å²) in [4.78, 5) is 11.8. The van der Waals surface area contributed by atoms with Crippen molar-refractivity contribution in [3.63, 3.8) is 0 Å². The molecule has 1 amide bonds. The zero-order chi connectivity index (χ0) is 10.1. The van der Waals surface area contributed by atoms with E-state index >= 15 is 0 Å². The van der Waals surface area contributed by atoms with E-state index in [9.17, 15) is 18.0 Å². The highest BCUT2D eigenvalue weighted by Gasteiger charge is 2.47. The van der Waals surface area contributed by atoms with Gasteiger partial charge in [-0.15, -0.1) is 12.4 Å². The summed E-state index contributed by atoms with van der Waals surface area (Å²) >= 11 is 0. The van der Waals surface area contributed by atoms with Gasteiger partial charge in [0.2, 0.25) is 5.91 Å². The molecule has 1 unspecified atom stereocenters. The molecule has 0 radical (unpaired) electrons. The summed E-state index contributed by atoms with van der Waals surface area (Å²) in [6.45, 7) is -0.188. The Morgan fingerprint density at radius 1 is 1.50 bits per heavy atom. The van der Waals surface area contributed by atoms with Crippen LogP contribution in [0.5, 0.6) is 0 Å². The molecule has 1 fully saturated rings. The lowest BCUT2D eigenvalue weighted by molar-refractivity contribution is -0.182.